The van der Waals surface area contributed by atoms with Crippen LogP contribution >= 0.6 is 15.9 Å². The number of halogens is 1. The molecule has 0 saturated carbocycles. The number of ether oxygens (including phenoxy) is 1. The van der Waals surface area contributed by atoms with Gasteiger partial charge in [0, 0.05) is 40.2 Å². The fourth-order valence-corrected chi connectivity index (χ4v) is 3.80. The number of methoxy groups -OCH3 is 1. The highest BCUT2D eigenvalue weighted by Gasteiger charge is 2.09. The minimum atomic E-state index is 0.528. The Morgan fingerprint density at radius 2 is 1.93 bits per heavy atom. The summed E-state index contributed by atoms with van der Waals surface area (Å²) in [6, 6.07) is 13.8. The van der Waals surface area contributed by atoms with Crippen LogP contribution in [0.5, 0.6) is 5.75 Å². The minimum Gasteiger partial charge on any atom is -0.497 e. The third-order valence-corrected chi connectivity index (χ3v) is 4.99. The molecular formula is C23H23BrN4O. The lowest BCUT2D eigenvalue weighted by Gasteiger charge is -2.15. The Kier molecular flexibility index (Phi) is 6.77. The van der Waals surface area contributed by atoms with E-state index in [9.17, 15) is 0 Å². The summed E-state index contributed by atoms with van der Waals surface area (Å²) in [4.78, 5) is 13.0. The van der Waals surface area contributed by atoms with Crippen molar-refractivity contribution in [3.63, 3.8) is 0 Å². The van der Waals surface area contributed by atoms with Gasteiger partial charge in [-0.25, -0.2) is 9.98 Å². The molecule has 0 fully saturated rings. The Hall–Kier alpha value is -2.99. The molecule has 148 valence electrons. The van der Waals surface area contributed by atoms with E-state index in [1.807, 2.05) is 30.3 Å². The van der Waals surface area contributed by atoms with Crippen molar-refractivity contribution < 1.29 is 4.74 Å². The van der Waals surface area contributed by atoms with Gasteiger partial charge in [0.15, 0.2) is 5.84 Å². The number of pyridine rings is 1. The molecular weight excluding hydrogens is 428 g/mol. The van der Waals surface area contributed by atoms with Crippen molar-refractivity contribution in [3.8, 4) is 5.75 Å². The number of anilines is 1. The van der Waals surface area contributed by atoms with Gasteiger partial charge in [-0.2, -0.15) is 0 Å². The monoisotopic (exact) mass is 450 g/mol. The van der Waals surface area contributed by atoms with Crippen molar-refractivity contribution in [3.05, 3.63) is 81.6 Å². The van der Waals surface area contributed by atoms with Crippen LogP contribution in [0.25, 0.3) is 0 Å². The molecule has 0 amide bonds. The maximum absolute atomic E-state index is 5.41. The molecule has 3 aromatic rings. The van der Waals surface area contributed by atoms with E-state index in [0.29, 0.717) is 12.4 Å². The summed E-state index contributed by atoms with van der Waals surface area (Å²) in [6.07, 6.45) is 3.44. The molecule has 0 aliphatic rings. The number of nitrogens with zero attached hydrogens (tertiary/aromatic N) is 3. The first-order valence-electron chi connectivity index (χ1n) is 9.15. The highest BCUT2D eigenvalue weighted by Crippen LogP contribution is 2.29. The average Bonchev–Trinajstić information content (AvgIpc) is 2.72. The standard InChI is InChI=1S/C23H23BrN4O/c1-15-10-19(24)11-16(2)22(15)27-14-18-12-20(29-4)7-8-21(18)28-23(25-3)17-6-5-9-26-13-17/h5-13,27H,3,14H2,1-2,4H3. The van der Waals surface area contributed by atoms with Gasteiger partial charge >= 0.3 is 0 Å². The summed E-state index contributed by atoms with van der Waals surface area (Å²) in [5.41, 5.74) is 6.08. The normalized spacial score (nSPS) is 11.2. The second-order valence-corrected chi connectivity index (χ2v) is 7.51. The van der Waals surface area contributed by atoms with Crippen LogP contribution in [0, 0.1) is 13.8 Å². The molecule has 0 atom stereocenters. The number of hydrogen-bond donors (Lipinski definition) is 1. The largest absolute Gasteiger partial charge is 0.497 e. The minimum absolute atomic E-state index is 0.528. The smallest absolute Gasteiger partial charge is 0.160 e. The number of aromatic nitrogens is 1. The Bertz CT molecular complexity index is 1020. The molecule has 6 heteroatoms. The highest BCUT2D eigenvalue weighted by atomic mass is 79.9. The predicted molar refractivity (Wildman–Crippen MR) is 124 cm³/mol. The van der Waals surface area contributed by atoms with Gasteiger partial charge in [-0.1, -0.05) is 15.9 Å². The van der Waals surface area contributed by atoms with Gasteiger partial charge in [-0.15, -0.1) is 0 Å². The molecule has 0 spiro atoms. The molecule has 5 nitrogen and oxygen atoms in total. The number of amidine groups is 1. The maximum Gasteiger partial charge on any atom is 0.160 e. The van der Waals surface area contributed by atoms with E-state index in [-0.39, 0.29) is 0 Å². The number of benzene rings is 2. The van der Waals surface area contributed by atoms with Crippen LogP contribution in [0.2, 0.25) is 0 Å². The van der Waals surface area contributed by atoms with Crippen molar-refractivity contribution in [2.75, 3.05) is 12.4 Å². The van der Waals surface area contributed by atoms with Crippen LogP contribution in [-0.4, -0.2) is 24.6 Å². The summed E-state index contributed by atoms with van der Waals surface area (Å²) in [5, 5.41) is 3.54. The Morgan fingerprint density at radius 3 is 2.55 bits per heavy atom. The van der Waals surface area contributed by atoms with Crippen molar-refractivity contribution >= 4 is 39.9 Å². The topological polar surface area (TPSA) is 58.9 Å². The predicted octanol–water partition coefficient (Wildman–Crippen LogP) is 5.86. The van der Waals surface area contributed by atoms with E-state index < -0.39 is 0 Å². The van der Waals surface area contributed by atoms with Gasteiger partial charge < -0.3 is 10.1 Å². The van der Waals surface area contributed by atoms with E-state index in [1.165, 1.54) is 11.1 Å². The first kappa shape index (κ1) is 20.7. The summed E-state index contributed by atoms with van der Waals surface area (Å²) in [5.74, 6) is 1.31. The van der Waals surface area contributed by atoms with Crippen molar-refractivity contribution in [1.29, 1.82) is 0 Å². The van der Waals surface area contributed by atoms with Gasteiger partial charge in [0.05, 0.1) is 12.8 Å². The van der Waals surface area contributed by atoms with Crippen molar-refractivity contribution in [2.24, 2.45) is 9.98 Å². The lowest BCUT2D eigenvalue weighted by Crippen LogP contribution is -2.04. The first-order chi connectivity index (χ1) is 14.0. The lowest BCUT2D eigenvalue weighted by atomic mass is 10.1. The molecule has 0 radical (unpaired) electrons. The van der Waals surface area contributed by atoms with Gasteiger partial charge in [-0.3, -0.25) is 4.98 Å². The molecule has 0 saturated heterocycles. The molecule has 2 aromatic carbocycles. The molecule has 0 aliphatic carbocycles. The molecule has 0 bridgehead atoms. The number of aliphatic imine (C=N–C) groups is 2. The van der Waals surface area contributed by atoms with Crippen LogP contribution in [0.1, 0.15) is 22.3 Å². The third-order valence-electron chi connectivity index (χ3n) is 4.54. The van der Waals surface area contributed by atoms with Gasteiger partial charge in [0.25, 0.3) is 0 Å². The van der Waals surface area contributed by atoms with Crippen LogP contribution in [0.3, 0.4) is 0 Å². The summed E-state index contributed by atoms with van der Waals surface area (Å²) in [7, 11) is 1.66. The average molecular weight is 451 g/mol. The molecule has 0 unspecified atom stereocenters. The van der Waals surface area contributed by atoms with Gasteiger partial charge in [-0.05, 0) is 74.2 Å². The summed E-state index contributed by atoms with van der Waals surface area (Å²) in [6.45, 7) is 8.44. The SMILES string of the molecule is C=NC(=Nc1ccc(OC)cc1CNc1c(C)cc(Br)cc1C)c1cccnc1. The number of hydrogen-bond acceptors (Lipinski definition) is 4. The highest BCUT2D eigenvalue weighted by molar-refractivity contribution is 9.10. The molecule has 3 rings (SSSR count). The van der Waals surface area contributed by atoms with Crippen molar-refractivity contribution in [2.45, 2.75) is 20.4 Å². The molecule has 1 N–H and O–H groups in total. The van der Waals surface area contributed by atoms with E-state index in [1.54, 1.807) is 19.5 Å². The quantitative estimate of drug-likeness (QED) is 0.377. The Morgan fingerprint density at radius 1 is 1.17 bits per heavy atom. The fraction of sp³-hybridized carbons (Fsp3) is 0.174. The molecule has 1 aromatic heterocycles. The fourth-order valence-electron chi connectivity index (χ4n) is 3.11. The number of nitrogens with one attached hydrogen (secondary N) is 1. The van der Waals surface area contributed by atoms with Gasteiger partial charge in [0.2, 0.25) is 0 Å². The maximum atomic E-state index is 5.41. The van der Waals surface area contributed by atoms with E-state index >= 15 is 0 Å². The second kappa shape index (κ2) is 9.47. The first-order valence-corrected chi connectivity index (χ1v) is 9.94. The van der Waals surface area contributed by atoms with Crippen LogP contribution < -0.4 is 10.1 Å². The Labute approximate surface area is 179 Å². The van der Waals surface area contributed by atoms with Gasteiger partial charge in [0.1, 0.15) is 5.75 Å². The van der Waals surface area contributed by atoms with Crippen LogP contribution in [0.15, 0.2) is 69.3 Å². The summed E-state index contributed by atoms with van der Waals surface area (Å²) < 4.78 is 6.48. The van der Waals surface area contributed by atoms with E-state index in [4.69, 9.17) is 9.73 Å². The third kappa shape index (κ3) is 5.09. The molecule has 29 heavy (non-hydrogen) atoms. The van der Waals surface area contributed by atoms with E-state index in [0.717, 1.165) is 32.7 Å². The van der Waals surface area contributed by atoms with Crippen LogP contribution in [-0.2, 0) is 6.54 Å². The molecule has 0 aliphatic heterocycles. The molecule has 1 heterocycles. The lowest BCUT2D eigenvalue weighted by molar-refractivity contribution is 0.414. The van der Waals surface area contributed by atoms with Crippen molar-refractivity contribution in [1.82, 2.24) is 4.98 Å². The van der Waals surface area contributed by atoms with E-state index in [2.05, 4.69) is 63.9 Å². The summed E-state index contributed by atoms with van der Waals surface area (Å²) >= 11 is 3.55. The number of aryl methyl sites for hydroxylation is 2. The zero-order valence-corrected chi connectivity index (χ0v) is 18.3. The Balaban J connectivity index is 1.96. The van der Waals surface area contributed by atoms with Crippen LogP contribution in [0.4, 0.5) is 11.4 Å². The second-order valence-electron chi connectivity index (χ2n) is 6.60. The zero-order valence-electron chi connectivity index (χ0n) is 16.7. The zero-order chi connectivity index (χ0) is 20.8. The number of rotatable bonds is 6.